The van der Waals surface area contributed by atoms with Gasteiger partial charge in [0.2, 0.25) is 0 Å². The summed E-state index contributed by atoms with van der Waals surface area (Å²) in [6.45, 7) is 3.64. The van der Waals surface area contributed by atoms with E-state index in [2.05, 4.69) is 20.7 Å². The van der Waals surface area contributed by atoms with Crippen molar-refractivity contribution < 1.29 is 9.21 Å². The number of hydrazone groups is 1. The molecule has 19 heavy (non-hydrogen) atoms. The monoisotopic (exact) mass is 296 g/mol. The maximum atomic E-state index is 11.6. The minimum Gasteiger partial charge on any atom is -0.463 e. The molecular formula is C11H12N4O2S2. The number of aromatic nitrogens is 2. The van der Waals surface area contributed by atoms with Gasteiger partial charge in [0, 0.05) is 0 Å². The first-order valence-electron chi connectivity index (χ1n) is 5.45. The third kappa shape index (κ3) is 4.18. The summed E-state index contributed by atoms with van der Waals surface area (Å²) in [6.07, 6.45) is 1.56. The average Bonchev–Trinajstić information content (AvgIpc) is 3.04. The predicted molar refractivity (Wildman–Crippen MR) is 74.4 cm³/mol. The molecule has 1 N–H and O–H groups in total. The van der Waals surface area contributed by atoms with E-state index in [0.717, 1.165) is 9.35 Å². The summed E-state index contributed by atoms with van der Waals surface area (Å²) in [5.41, 5.74) is 3.09. The van der Waals surface area contributed by atoms with Crippen molar-refractivity contribution in [1.29, 1.82) is 0 Å². The van der Waals surface area contributed by atoms with Crippen molar-refractivity contribution in [2.24, 2.45) is 5.10 Å². The Morgan fingerprint density at radius 3 is 3.05 bits per heavy atom. The Kier molecular flexibility index (Phi) is 4.69. The number of amides is 1. The maximum Gasteiger partial charge on any atom is 0.250 e. The molecule has 2 heterocycles. The molecule has 0 atom stereocenters. The summed E-state index contributed by atoms with van der Waals surface area (Å²) in [6, 6.07) is 3.55. The van der Waals surface area contributed by atoms with E-state index >= 15 is 0 Å². The summed E-state index contributed by atoms with van der Waals surface area (Å²) in [4.78, 5) is 11.6. The van der Waals surface area contributed by atoms with Crippen LogP contribution in [0.4, 0.5) is 0 Å². The maximum absolute atomic E-state index is 11.6. The molecule has 0 saturated heterocycles. The lowest BCUT2D eigenvalue weighted by atomic mass is 10.3. The second kappa shape index (κ2) is 6.48. The first-order valence-corrected chi connectivity index (χ1v) is 7.25. The molecule has 0 aliphatic heterocycles. The van der Waals surface area contributed by atoms with E-state index in [1.54, 1.807) is 25.3 Å². The van der Waals surface area contributed by atoms with Crippen LogP contribution in [0.3, 0.4) is 0 Å². The molecule has 2 aromatic heterocycles. The molecule has 0 spiro atoms. The highest BCUT2D eigenvalue weighted by atomic mass is 32.2. The Labute approximate surface area is 118 Å². The van der Waals surface area contributed by atoms with E-state index in [4.69, 9.17) is 4.42 Å². The fraction of sp³-hybridized carbons (Fsp3) is 0.273. The van der Waals surface area contributed by atoms with E-state index in [9.17, 15) is 4.79 Å². The highest BCUT2D eigenvalue weighted by molar-refractivity contribution is 8.01. The molecule has 0 aliphatic carbocycles. The number of carbonyl (C=O) groups excluding carboxylic acids is 1. The third-order valence-corrected chi connectivity index (χ3v) is 4.03. The van der Waals surface area contributed by atoms with Gasteiger partial charge < -0.3 is 4.42 Å². The first-order chi connectivity index (χ1) is 9.15. The number of carbonyl (C=O) groups is 1. The van der Waals surface area contributed by atoms with Gasteiger partial charge in [0.25, 0.3) is 5.91 Å². The zero-order chi connectivity index (χ0) is 13.7. The van der Waals surface area contributed by atoms with Gasteiger partial charge in [0.05, 0.1) is 12.0 Å². The molecule has 100 valence electrons. The van der Waals surface area contributed by atoms with Gasteiger partial charge in [-0.05, 0) is 26.0 Å². The van der Waals surface area contributed by atoms with Crippen LogP contribution < -0.4 is 5.43 Å². The van der Waals surface area contributed by atoms with E-state index < -0.39 is 0 Å². The molecule has 2 aromatic rings. The van der Waals surface area contributed by atoms with E-state index in [0.29, 0.717) is 11.5 Å². The minimum absolute atomic E-state index is 0.191. The number of aryl methyl sites for hydroxylation is 1. The van der Waals surface area contributed by atoms with Crippen molar-refractivity contribution in [2.45, 2.75) is 18.2 Å². The minimum atomic E-state index is -0.191. The normalized spacial score (nSPS) is 11.6. The Morgan fingerprint density at radius 2 is 2.42 bits per heavy atom. The molecule has 0 fully saturated rings. The van der Waals surface area contributed by atoms with Gasteiger partial charge in [-0.25, -0.2) is 5.43 Å². The number of nitrogens with one attached hydrogen (secondary N) is 1. The quantitative estimate of drug-likeness (QED) is 0.519. The van der Waals surface area contributed by atoms with E-state index in [-0.39, 0.29) is 11.7 Å². The van der Waals surface area contributed by atoms with Crippen LogP contribution >= 0.6 is 23.1 Å². The van der Waals surface area contributed by atoms with Crippen LogP contribution in [-0.4, -0.2) is 27.6 Å². The summed E-state index contributed by atoms with van der Waals surface area (Å²) in [5, 5.41) is 12.6. The molecule has 6 nitrogen and oxygen atoms in total. The van der Waals surface area contributed by atoms with Gasteiger partial charge in [-0.1, -0.05) is 23.1 Å². The van der Waals surface area contributed by atoms with Crippen LogP contribution in [0.2, 0.25) is 0 Å². The Hall–Kier alpha value is -1.67. The smallest absolute Gasteiger partial charge is 0.250 e. The molecule has 0 radical (unpaired) electrons. The molecule has 0 aromatic carbocycles. The van der Waals surface area contributed by atoms with Gasteiger partial charge >= 0.3 is 0 Å². The second-order valence-electron chi connectivity index (χ2n) is 3.59. The lowest BCUT2D eigenvalue weighted by Crippen LogP contribution is -2.21. The lowest BCUT2D eigenvalue weighted by molar-refractivity contribution is -0.118. The molecule has 0 saturated carbocycles. The van der Waals surface area contributed by atoms with Crippen molar-refractivity contribution in [3.05, 3.63) is 29.2 Å². The number of hydrogen-bond acceptors (Lipinski definition) is 7. The predicted octanol–water partition coefficient (Wildman–Crippen LogP) is 2.07. The summed E-state index contributed by atoms with van der Waals surface area (Å²) in [7, 11) is 0. The Bertz CT molecular complexity index is 577. The van der Waals surface area contributed by atoms with Crippen molar-refractivity contribution >= 4 is 34.7 Å². The number of thioether (sulfide) groups is 1. The summed E-state index contributed by atoms with van der Waals surface area (Å²) < 4.78 is 5.93. The van der Waals surface area contributed by atoms with Crippen LogP contribution in [0.5, 0.6) is 0 Å². The number of hydrogen-bond donors (Lipinski definition) is 1. The van der Waals surface area contributed by atoms with Crippen molar-refractivity contribution in [3.63, 3.8) is 0 Å². The third-order valence-electron chi connectivity index (χ3n) is 2.06. The fourth-order valence-electron chi connectivity index (χ4n) is 1.18. The molecular weight excluding hydrogens is 284 g/mol. The zero-order valence-corrected chi connectivity index (χ0v) is 12.0. The van der Waals surface area contributed by atoms with Crippen molar-refractivity contribution in [3.8, 4) is 0 Å². The summed E-state index contributed by atoms with van der Waals surface area (Å²) in [5.74, 6) is 0.695. The number of rotatable bonds is 5. The Balaban J connectivity index is 1.80. The molecule has 8 heteroatoms. The van der Waals surface area contributed by atoms with Gasteiger partial charge in [0.15, 0.2) is 4.34 Å². The standard InChI is InChI=1S/C11H12N4O2S2/c1-7(9-4-3-5-17-9)12-14-10(16)6-18-11-15-13-8(2)19-11/h3-5H,6H2,1-2H3,(H,14,16). The topological polar surface area (TPSA) is 80.4 Å². The van der Waals surface area contributed by atoms with Crippen LogP contribution in [0.1, 0.15) is 17.7 Å². The van der Waals surface area contributed by atoms with E-state index in [1.807, 2.05) is 6.92 Å². The van der Waals surface area contributed by atoms with Gasteiger partial charge in [0.1, 0.15) is 16.5 Å². The molecule has 1 amide bonds. The van der Waals surface area contributed by atoms with Gasteiger partial charge in [-0.15, -0.1) is 10.2 Å². The molecule has 0 bridgehead atoms. The van der Waals surface area contributed by atoms with Crippen molar-refractivity contribution in [1.82, 2.24) is 15.6 Å². The van der Waals surface area contributed by atoms with Crippen molar-refractivity contribution in [2.75, 3.05) is 5.75 Å². The van der Waals surface area contributed by atoms with Crippen LogP contribution in [0.25, 0.3) is 0 Å². The molecule has 0 aliphatic rings. The molecule has 2 rings (SSSR count). The summed E-state index contributed by atoms with van der Waals surface area (Å²) >= 11 is 2.80. The molecule has 0 unspecified atom stereocenters. The van der Waals surface area contributed by atoms with Crippen LogP contribution in [0.15, 0.2) is 32.3 Å². The van der Waals surface area contributed by atoms with Gasteiger partial charge in [-0.3, -0.25) is 4.79 Å². The lowest BCUT2D eigenvalue weighted by Gasteiger charge is -1.99. The Morgan fingerprint density at radius 1 is 1.58 bits per heavy atom. The highest BCUT2D eigenvalue weighted by Crippen LogP contribution is 2.21. The number of furan rings is 1. The van der Waals surface area contributed by atoms with Gasteiger partial charge in [-0.2, -0.15) is 5.10 Å². The second-order valence-corrected chi connectivity index (χ2v) is 5.99. The largest absolute Gasteiger partial charge is 0.463 e. The van der Waals surface area contributed by atoms with Crippen LogP contribution in [-0.2, 0) is 4.79 Å². The zero-order valence-electron chi connectivity index (χ0n) is 10.4. The van der Waals surface area contributed by atoms with Crippen LogP contribution in [0, 0.1) is 6.92 Å². The average molecular weight is 296 g/mol. The fourth-order valence-corrected chi connectivity index (χ4v) is 2.79. The van der Waals surface area contributed by atoms with E-state index in [1.165, 1.54) is 23.1 Å². The number of nitrogens with zero attached hydrogens (tertiary/aromatic N) is 3. The SMILES string of the molecule is CC(=NNC(=O)CSc1nnc(C)s1)c1ccco1. The highest BCUT2D eigenvalue weighted by Gasteiger charge is 2.06. The first kappa shape index (κ1) is 13.8.